The van der Waals surface area contributed by atoms with Gasteiger partial charge in [0.1, 0.15) is 0 Å². The maximum atomic E-state index is 13.1. The predicted molar refractivity (Wildman–Crippen MR) is 138 cm³/mol. The SMILES string of the molecule is CCN(CC)Cc1ccc2c(CN(C)C(=O)c3ccc(-c4ccccc4)cc3)cccc2c1. The van der Waals surface area contributed by atoms with E-state index in [0.29, 0.717) is 12.1 Å². The van der Waals surface area contributed by atoms with Crippen LogP contribution in [0.25, 0.3) is 21.9 Å². The molecule has 0 aliphatic rings. The number of carbonyl (C=O) groups is 1. The van der Waals surface area contributed by atoms with Crippen LogP contribution in [0.15, 0.2) is 91.0 Å². The first-order valence-electron chi connectivity index (χ1n) is 11.7. The molecule has 0 N–H and O–H groups in total. The number of hydrogen-bond acceptors (Lipinski definition) is 2. The maximum Gasteiger partial charge on any atom is 0.253 e. The molecule has 0 saturated carbocycles. The number of amides is 1. The van der Waals surface area contributed by atoms with Crippen LogP contribution in [0.2, 0.25) is 0 Å². The fourth-order valence-electron chi connectivity index (χ4n) is 4.33. The van der Waals surface area contributed by atoms with Gasteiger partial charge in [-0.15, -0.1) is 0 Å². The van der Waals surface area contributed by atoms with Crippen LogP contribution in [-0.4, -0.2) is 35.8 Å². The molecule has 3 heteroatoms. The summed E-state index contributed by atoms with van der Waals surface area (Å²) in [4.78, 5) is 17.3. The van der Waals surface area contributed by atoms with Crippen molar-refractivity contribution in [3.05, 3.63) is 108 Å². The third-order valence-corrected chi connectivity index (χ3v) is 6.33. The highest BCUT2D eigenvalue weighted by Crippen LogP contribution is 2.24. The molecular weight excluding hydrogens is 404 g/mol. The Balaban J connectivity index is 1.50. The van der Waals surface area contributed by atoms with Crippen molar-refractivity contribution in [2.45, 2.75) is 26.9 Å². The van der Waals surface area contributed by atoms with Gasteiger partial charge >= 0.3 is 0 Å². The van der Waals surface area contributed by atoms with Gasteiger partial charge in [-0.3, -0.25) is 9.69 Å². The summed E-state index contributed by atoms with van der Waals surface area (Å²) < 4.78 is 0. The van der Waals surface area contributed by atoms with Crippen LogP contribution in [0, 0.1) is 0 Å². The van der Waals surface area contributed by atoms with E-state index in [9.17, 15) is 4.79 Å². The summed E-state index contributed by atoms with van der Waals surface area (Å²) in [6.07, 6.45) is 0. The molecule has 0 aliphatic carbocycles. The summed E-state index contributed by atoms with van der Waals surface area (Å²) in [5.41, 5.74) is 5.47. The molecule has 4 rings (SSSR count). The molecule has 4 aromatic rings. The zero-order chi connectivity index (χ0) is 23.2. The molecule has 0 spiro atoms. The molecule has 0 fully saturated rings. The van der Waals surface area contributed by atoms with Crippen molar-refractivity contribution in [1.29, 1.82) is 0 Å². The molecule has 0 unspecified atom stereocenters. The second-order valence-corrected chi connectivity index (χ2v) is 8.54. The van der Waals surface area contributed by atoms with Crippen LogP contribution in [-0.2, 0) is 13.1 Å². The van der Waals surface area contributed by atoms with Crippen LogP contribution >= 0.6 is 0 Å². The van der Waals surface area contributed by atoms with Crippen LogP contribution in [0.3, 0.4) is 0 Å². The van der Waals surface area contributed by atoms with Crippen LogP contribution in [0.1, 0.15) is 35.3 Å². The van der Waals surface area contributed by atoms with Gasteiger partial charge in [-0.1, -0.05) is 86.6 Å². The Morgan fingerprint density at radius 2 is 1.42 bits per heavy atom. The molecule has 0 saturated heterocycles. The van der Waals surface area contributed by atoms with E-state index in [-0.39, 0.29) is 5.91 Å². The molecule has 33 heavy (non-hydrogen) atoms. The van der Waals surface area contributed by atoms with Gasteiger partial charge in [0, 0.05) is 25.7 Å². The first kappa shape index (κ1) is 22.8. The van der Waals surface area contributed by atoms with Gasteiger partial charge in [-0.05, 0) is 64.3 Å². The summed E-state index contributed by atoms with van der Waals surface area (Å²) in [6.45, 7) is 8.04. The molecule has 3 nitrogen and oxygen atoms in total. The quantitative estimate of drug-likeness (QED) is 0.310. The van der Waals surface area contributed by atoms with E-state index in [1.54, 1.807) is 4.90 Å². The maximum absolute atomic E-state index is 13.1. The Hall–Kier alpha value is -3.43. The number of benzene rings is 4. The molecule has 0 bridgehead atoms. The minimum absolute atomic E-state index is 0.0322. The predicted octanol–water partition coefficient (Wildman–Crippen LogP) is 6.62. The number of fused-ring (bicyclic) bond motifs is 1. The van der Waals surface area contributed by atoms with Gasteiger partial charge in [-0.2, -0.15) is 0 Å². The minimum atomic E-state index is 0.0322. The topological polar surface area (TPSA) is 23.6 Å². The largest absolute Gasteiger partial charge is 0.337 e. The van der Waals surface area contributed by atoms with Gasteiger partial charge in [0.05, 0.1) is 0 Å². The van der Waals surface area contributed by atoms with E-state index < -0.39 is 0 Å². The Kier molecular flexibility index (Phi) is 7.21. The molecule has 0 radical (unpaired) electrons. The average molecular weight is 437 g/mol. The van der Waals surface area contributed by atoms with E-state index >= 15 is 0 Å². The van der Waals surface area contributed by atoms with Gasteiger partial charge in [0.2, 0.25) is 0 Å². The van der Waals surface area contributed by atoms with Crippen molar-refractivity contribution in [1.82, 2.24) is 9.80 Å². The Bertz CT molecular complexity index is 1210. The van der Waals surface area contributed by atoms with E-state index in [0.717, 1.165) is 30.8 Å². The summed E-state index contributed by atoms with van der Waals surface area (Å²) in [7, 11) is 1.88. The smallest absolute Gasteiger partial charge is 0.253 e. The van der Waals surface area contributed by atoms with Crippen LogP contribution < -0.4 is 0 Å². The van der Waals surface area contributed by atoms with E-state index in [2.05, 4.69) is 67.3 Å². The molecule has 0 heterocycles. The highest BCUT2D eigenvalue weighted by Gasteiger charge is 2.14. The van der Waals surface area contributed by atoms with Crippen molar-refractivity contribution in [3.63, 3.8) is 0 Å². The minimum Gasteiger partial charge on any atom is -0.337 e. The van der Waals surface area contributed by atoms with Crippen molar-refractivity contribution >= 4 is 16.7 Å². The standard InChI is InChI=1S/C30H32N2O/c1-4-32(5-2)21-23-14-19-29-27(20-23)12-9-13-28(29)22-31(3)30(33)26-17-15-25(16-18-26)24-10-7-6-8-11-24/h6-20H,4-5,21-22H2,1-3H3. The second-order valence-electron chi connectivity index (χ2n) is 8.54. The normalized spacial score (nSPS) is 11.2. The average Bonchev–Trinajstić information content (AvgIpc) is 2.87. The lowest BCUT2D eigenvalue weighted by atomic mass is 10.0. The van der Waals surface area contributed by atoms with Crippen LogP contribution in [0.4, 0.5) is 0 Å². The van der Waals surface area contributed by atoms with E-state index in [1.165, 1.54) is 21.9 Å². The van der Waals surface area contributed by atoms with Crippen molar-refractivity contribution in [2.24, 2.45) is 0 Å². The van der Waals surface area contributed by atoms with Gasteiger partial charge in [0.25, 0.3) is 5.91 Å². The Morgan fingerprint density at radius 1 is 0.727 bits per heavy atom. The molecule has 0 atom stereocenters. The molecule has 4 aromatic carbocycles. The van der Waals surface area contributed by atoms with Gasteiger partial charge < -0.3 is 4.90 Å². The van der Waals surface area contributed by atoms with Crippen molar-refractivity contribution in [3.8, 4) is 11.1 Å². The highest BCUT2D eigenvalue weighted by molar-refractivity contribution is 5.95. The summed E-state index contributed by atoms with van der Waals surface area (Å²) in [5, 5.41) is 2.44. The summed E-state index contributed by atoms with van der Waals surface area (Å²) in [5.74, 6) is 0.0322. The first-order chi connectivity index (χ1) is 16.1. The first-order valence-corrected chi connectivity index (χ1v) is 11.7. The number of carbonyl (C=O) groups excluding carboxylic acids is 1. The summed E-state index contributed by atoms with van der Waals surface area (Å²) >= 11 is 0. The Morgan fingerprint density at radius 3 is 2.12 bits per heavy atom. The van der Waals surface area contributed by atoms with Gasteiger partial charge in [0.15, 0.2) is 0 Å². The number of nitrogens with zero attached hydrogens (tertiary/aromatic N) is 2. The molecule has 1 amide bonds. The molecule has 0 aliphatic heterocycles. The number of hydrogen-bond donors (Lipinski definition) is 0. The molecular formula is C30H32N2O. The molecule has 168 valence electrons. The van der Waals surface area contributed by atoms with Crippen LogP contribution in [0.5, 0.6) is 0 Å². The third-order valence-electron chi connectivity index (χ3n) is 6.33. The summed E-state index contributed by atoms with van der Waals surface area (Å²) in [6, 6.07) is 31.2. The van der Waals surface area contributed by atoms with E-state index in [1.807, 2.05) is 49.5 Å². The third kappa shape index (κ3) is 5.32. The van der Waals surface area contributed by atoms with Crippen molar-refractivity contribution < 1.29 is 4.79 Å². The monoisotopic (exact) mass is 436 g/mol. The fourth-order valence-corrected chi connectivity index (χ4v) is 4.33. The zero-order valence-electron chi connectivity index (χ0n) is 19.8. The lowest BCUT2D eigenvalue weighted by Crippen LogP contribution is -2.26. The van der Waals surface area contributed by atoms with E-state index in [4.69, 9.17) is 0 Å². The fraction of sp³-hybridized carbons (Fsp3) is 0.233. The van der Waals surface area contributed by atoms with Gasteiger partial charge in [-0.25, -0.2) is 0 Å². The Labute approximate surface area is 197 Å². The highest BCUT2D eigenvalue weighted by atomic mass is 16.2. The zero-order valence-corrected chi connectivity index (χ0v) is 19.8. The number of rotatable bonds is 8. The molecule has 0 aromatic heterocycles. The van der Waals surface area contributed by atoms with Crippen molar-refractivity contribution in [2.75, 3.05) is 20.1 Å². The lowest BCUT2D eigenvalue weighted by Gasteiger charge is -2.20. The lowest BCUT2D eigenvalue weighted by molar-refractivity contribution is 0.0785. The second kappa shape index (κ2) is 10.5.